The van der Waals surface area contributed by atoms with Gasteiger partial charge < -0.3 is 30.1 Å². The summed E-state index contributed by atoms with van der Waals surface area (Å²) in [6, 6.07) is 20.6. The van der Waals surface area contributed by atoms with Crippen molar-refractivity contribution in [3.8, 4) is 22.6 Å². The Morgan fingerprint density at radius 3 is 2.27 bits per heavy atom. The average molecular weight is 450 g/mol. The van der Waals surface area contributed by atoms with Crippen LogP contribution in [0.2, 0.25) is 0 Å². The smallest absolute Gasteiger partial charge is 0.407 e. The number of benzene rings is 3. The summed E-state index contributed by atoms with van der Waals surface area (Å²) in [5.74, 6) is 0.268. The fourth-order valence-electron chi connectivity index (χ4n) is 4.23. The molecule has 0 saturated carbocycles. The normalized spacial score (nSPS) is 14.2. The first-order valence-electron chi connectivity index (χ1n) is 10.8. The molecule has 1 aliphatic rings. The van der Waals surface area contributed by atoms with Crippen molar-refractivity contribution in [3.63, 3.8) is 0 Å². The lowest BCUT2D eigenvalue weighted by atomic mass is 9.98. The molecule has 0 saturated heterocycles. The third kappa shape index (κ3) is 4.79. The van der Waals surface area contributed by atoms with E-state index in [-0.39, 0.29) is 36.8 Å². The maximum atomic E-state index is 12.2. The highest BCUT2D eigenvalue weighted by molar-refractivity contribution is 5.79. The molecule has 0 spiro atoms. The number of methoxy groups -OCH3 is 1. The summed E-state index contributed by atoms with van der Waals surface area (Å²) in [5.41, 5.74) is 4.72. The minimum atomic E-state index is -1.33. The van der Waals surface area contributed by atoms with Crippen LogP contribution >= 0.6 is 0 Å². The minimum absolute atomic E-state index is 0.0356. The Labute approximate surface area is 192 Å². The van der Waals surface area contributed by atoms with Gasteiger partial charge in [0, 0.05) is 18.0 Å². The fourth-order valence-corrected chi connectivity index (χ4v) is 4.23. The van der Waals surface area contributed by atoms with Crippen LogP contribution in [0.3, 0.4) is 0 Å². The molecule has 4 rings (SSSR count). The lowest BCUT2D eigenvalue weighted by molar-refractivity contribution is 0.0123. The lowest BCUT2D eigenvalue weighted by Crippen LogP contribution is -2.30. The van der Waals surface area contributed by atoms with Crippen LogP contribution in [0.1, 0.15) is 35.1 Å². The van der Waals surface area contributed by atoms with Gasteiger partial charge in [-0.2, -0.15) is 0 Å². The maximum absolute atomic E-state index is 12.2. The van der Waals surface area contributed by atoms with Gasteiger partial charge in [-0.15, -0.1) is 0 Å². The summed E-state index contributed by atoms with van der Waals surface area (Å²) in [7, 11) is 1.47. The number of hydrogen-bond acceptors (Lipinski definition) is 6. The molecule has 172 valence electrons. The lowest BCUT2D eigenvalue weighted by Gasteiger charge is -2.20. The second kappa shape index (κ2) is 9.94. The molecule has 33 heavy (non-hydrogen) atoms. The van der Waals surface area contributed by atoms with E-state index in [9.17, 15) is 20.1 Å². The molecule has 1 amide bonds. The predicted octanol–water partition coefficient (Wildman–Crippen LogP) is 3.72. The quantitative estimate of drug-likeness (QED) is 0.417. The van der Waals surface area contributed by atoms with Gasteiger partial charge in [0.1, 0.15) is 24.2 Å². The number of fused-ring (bicyclic) bond motifs is 3. The second-order valence-corrected chi connectivity index (χ2v) is 7.98. The Hall–Kier alpha value is -3.55. The van der Waals surface area contributed by atoms with Crippen LogP contribution in [-0.2, 0) is 4.74 Å². The van der Waals surface area contributed by atoms with Crippen molar-refractivity contribution >= 4 is 6.09 Å². The molecular weight excluding hydrogens is 422 g/mol. The van der Waals surface area contributed by atoms with E-state index in [0.717, 1.165) is 22.3 Å². The highest BCUT2D eigenvalue weighted by atomic mass is 16.5. The number of alkyl carbamates (subject to hydrolysis) is 1. The van der Waals surface area contributed by atoms with Gasteiger partial charge in [0.05, 0.1) is 13.2 Å². The molecule has 0 fully saturated rings. The van der Waals surface area contributed by atoms with Crippen LogP contribution < -0.4 is 10.1 Å². The van der Waals surface area contributed by atoms with Crippen LogP contribution in [0.4, 0.5) is 4.79 Å². The van der Waals surface area contributed by atoms with E-state index in [1.807, 2.05) is 36.4 Å². The number of hydrogen-bond donors (Lipinski definition) is 4. The Bertz CT molecular complexity index is 1090. The van der Waals surface area contributed by atoms with Crippen molar-refractivity contribution in [3.05, 3.63) is 83.4 Å². The number of rotatable bonds is 8. The standard InChI is InChI=1S/C26H27NO6/c1-32-16-10-11-23(28)21(14-16)25(30)24(29)12-13-27-26(31)33-15-22-19-8-4-2-6-17(19)18-7-3-5-9-20(18)22/h2-11,14,22,24-25,28-30H,12-13,15H2,1H3,(H,27,31). The Morgan fingerprint density at radius 2 is 1.64 bits per heavy atom. The van der Waals surface area contributed by atoms with E-state index in [0.29, 0.717) is 5.75 Å². The minimum Gasteiger partial charge on any atom is -0.508 e. The van der Waals surface area contributed by atoms with Gasteiger partial charge >= 0.3 is 6.09 Å². The first-order chi connectivity index (χ1) is 16.0. The molecule has 7 heteroatoms. The van der Waals surface area contributed by atoms with Gasteiger partial charge in [0.15, 0.2) is 0 Å². The molecule has 3 aromatic rings. The zero-order valence-electron chi connectivity index (χ0n) is 18.3. The van der Waals surface area contributed by atoms with Crippen molar-refractivity contribution in [1.29, 1.82) is 0 Å². The van der Waals surface area contributed by atoms with E-state index in [2.05, 4.69) is 17.4 Å². The van der Waals surface area contributed by atoms with Crippen LogP contribution in [0.15, 0.2) is 66.7 Å². The molecule has 0 bridgehead atoms. The average Bonchev–Trinajstić information content (AvgIpc) is 3.16. The Kier molecular flexibility index (Phi) is 6.82. The monoisotopic (exact) mass is 449 g/mol. The third-order valence-electron chi connectivity index (χ3n) is 5.97. The molecule has 1 aliphatic carbocycles. The highest BCUT2D eigenvalue weighted by Gasteiger charge is 2.29. The highest BCUT2D eigenvalue weighted by Crippen LogP contribution is 2.44. The molecule has 3 aromatic carbocycles. The van der Waals surface area contributed by atoms with Crippen LogP contribution in [0.5, 0.6) is 11.5 Å². The van der Waals surface area contributed by atoms with E-state index < -0.39 is 18.3 Å². The number of amides is 1. The number of nitrogens with one attached hydrogen (secondary N) is 1. The maximum Gasteiger partial charge on any atom is 0.407 e. The number of phenols is 1. The molecule has 0 aliphatic heterocycles. The van der Waals surface area contributed by atoms with Crippen molar-refractivity contribution in [2.24, 2.45) is 0 Å². The predicted molar refractivity (Wildman–Crippen MR) is 123 cm³/mol. The van der Waals surface area contributed by atoms with Crippen LogP contribution in [0.25, 0.3) is 11.1 Å². The zero-order valence-corrected chi connectivity index (χ0v) is 18.3. The van der Waals surface area contributed by atoms with Crippen molar-refractivity contribution in [1.82, 2.24) is 5.32 Å². The van der Waals surface area contributed by atoms with E-state index in [1.54, 1.807) is 6.07 Å². The molecule has 2 atom stereocenters. The number of ether oxygens (including phenoxy) is 2. The van der Waals surface area contributed by atoms with Crippen LogP contribution in [-0.4, -0.2) is 47.8 Å². The molecule has 0 aromatic heterocycles. The molecule has 0 radical (unpaired) electrons. The topological polar surface area (TPSA) is 108 Å². The first-order valence-corrected chi connectivity index (χ1v) is 10.8. The first kappa shape index (κ1) is 22.6. The van der Waals surface area contributed by atoms with Crippen molar-refractivity contribution in [2.45, 2.75) is 24.5 Å². The summed E-state index contributed by atoms with van der Waals surface area (Å²) in [6.07, 6.45) is -3.05. The summed E-state index contributed by atoms with van der Waals surface area (Å²) < 4.78 is 10.6. The largest absolute Gasteiger partial charge is 0.508 e. The molecule has 0 heterocycles. The van der Waals surface area contributed by atoms with Gasteiger partial charge in [-0.3, -0.25) is 0 Å². The number of carbonyl (C=O) groups is 1. The molecule has 4 N–H and O–H groups in total. The van der Waals surface area contributed by atoms with E-state index >= 15 is 0 Å². The van der Waals surface area contributed by atoms with Crippen LogP contribution in [0, 0.1) is 0 Å². The van der Waals surface area contributed by atoms with Gasteiger partial charge in [0.25, 0.3) is 0 Å². The number of aromatic hydroxyl groups is 1. The molecular formula is C26H27NO6. The Morgan fingerprint density at radius 1 is 1.00 bits per heavy atom. The summed E-state index contributed by atoms with van der Waals surface area (Å²) in [4.78, 5) is 12.2. The van der Waals surface area contributed by atoms with Gasteiger partial charge in [-0.1, -0.05) is 48.5 Å². The molecule has 2 unspecified atom stereocenters. The number of aliphatic hydroxyl groups excluding tert-OH is 2. The molecule has 7 nitrogen and oxygen atoms in total. The van der Waals surface area contributed by atoms with E-state index in [4.69, 9.17) is 9.47 Å². The summed E-state index contributed by atoms with van der Waals surface area (Å²) in [6.45, 7) is 0.294. The van der Waals surface area contributed by atoms with Crippen molar-refractivity contribution < 1.29 is 29.6 Å². The second-order valence-electron chi connectivity index (χ2n) is 7.98. The summed E-state index contributed by atoms with van der Waals surface area (Å²) >= 11 is 0. The van der Waals surface area contributed by atoms with Gasteiger partial charge in [-0.05, 0) is 46.9 Å². The number of aliphatic hydroxyl groups is 2. The van der Waals surface area contributed by atoms with E-state index in [1.165, 1.54) is 19.2 Å². The third-order valence-corrected chi connectivity index (χ3v) is 5.97. The number of carbonyl (C=O) groups excluding carboxylic acids is 1. The van der Waals surface area contributed by atoms with Gasteiger partial charge in [0.2, 0.25) is 0 Å². The zero-order chi connectivity index (χ0) is 23.4. The summed E-state index contributed by atoms with van der Waals surface area (Å²) in [5, 5.41) is 33.2. The Balaban J connectivity index is 1.29. The fraction of sp³-hybridized carbons (Fsp3) is 0.269. The SMILES string of the molecule is COc1ccc(O)c(C(O)C(O)CCNC(=O)OCC2c3ccccc3-c3ccccc32)c1. The van der Waals surface area contributed by atoms with Crippen molar-refractivity contribution in [2.75, 3.05) is 20.3 Å². The van der Waals surface area contributed by atoms with Gasteiger partial charge in [-0.25, -0.2) is 4.79 Å². The number of phenolic OH excluding ortho intramolecular Hbond substituents is 1.